The summed E-state index contributed by atoms with van der Waals surface area (Å²) in [6.07, 6.45) is 9.25. The first-order valence-corrected chi connectivity index (χ1v) is 8.37. The Morgan fingerprint density at radius 1 is 1.48 bits per heavy atom. The Morgan fingerprint density at radius 2 is 2.35 bits per heavy atom. The Labute approximate surface area is 137 Å². The normalized spacial score (nSPS) is 15.5. The zero-order chi connectivity index (χ0) is 15.8. The third-order valence-corrected chi connectivity index (χ3v) is 5.05. The minimum absolute atomic E-state index is 0.182. The molecule has 0 aromatic carbocycles. The van der Waals surface area contributed by atoms with Crippen LogP contribution in [0.4, 0.5) is 5.69 Å². The summed E-state index contributed by atoms with van der Waals surface area (Å²) >= 11 is 1.30. The summed E-state index contributed by atoms with van der Waals surface area (Å²) in [5.74, 6) is 1.20. The average Bonchev–Trinajstić information content (AvgIpc) is 3.01. The lowest BCUT2D eigenvalue weighted by molar-refractivity contribution is 0.103. The van der Waals surface area contributed by atoms with Crippen LogP contribution in [0.5, 0.6) is 0 Å². The van der Waals surface area contributed by atoms with Gasteiger partial charge in [-0.2, -0.15) is 5.10 Å². The van der Waals surface area contributed by atoms with Gasteiger partial charge in [0.15, 0.2) is 10.8 Å². The fourth-order valence-corrected chi connectivity index (χ4v) is 3.29. The Balaban J connectivity index is 1.45. The maximum Gasteiger partial charge on any atom is 0.267 e. The van der Waals surface area contributed by atoms with Crippen molar-refractivity contribution in [3.8, 4) is 10.8 Å². The first kappa shape index (κ1) is 14.2. The number of nitrogens with zero attached hydrogens (tertiary/aromatic N) is 3. The number of anilines is 1. The Bertz CT molecular complexity index is 817. The Morgan fingerprint density at radius 3 is 3.09 bits per heavy atom. The van der Waals surface area contributed by atoms with Gasteiger partial charge in [-0.15, -0.1) is 11.3 Å². The molecule has 23 heavy (non-hydrogen) atoms. The van der Waals surface area contributed by atoms with Crippen molar-refractivity contribution in [2.24, 2.45) is 5.92 Å². The van der Waals surface area contributed by atoms with Gasteiger partial charge in [-0.05, 0) is 37.8 Å². The van der Waals surface area contributed by atoms with Crippen LogP contribution < -0.4 is 5.32 Å². The molecule has 1 N–H and O–H groups in total. The predicted octanol–water partition coefficient (Wildman–Crippen LogP) is 3.82. The van der Waals surface area contributed by atoms with Gasteiger partial charge in [-0.25, -0.2) is 4.98 Å². The van der Waals surface area contributed by atoms with Crippen molar-refractivity contribution < 1.29 is 9.21 Å². The molecule has 4 rings (SSSR count). The maximum absolute atomic E-state index is 12.3. The number of carbonyl (C=O) groups is 1. The molecule has 118 valence electrons. The average molecular weight is 328 g/mol. The summed E-state index contributed by atoms with van der Waals surface area (Å²) in [5, 5.41) is 7.91. The summed E-state index contributed by atoms with van der Waals surface area (Å²) in [4.78, 5) is 17.1. The van der Waals surface area contributed by atoms with Crippen LogP contribution in [-0.4, -0.2) is 20.7 Å². The molecule has 1 amide bonds. The van der Waals surface area contributed by atoms with Crippen molar-refractivity contribution >= 4 is 22.9 Å². The number of hydrogen-bond donors (Lipinski definition) is 1. The van der Waals surface area contributed by atoms with E-state index in [4.69, 9.17) is 4.42 Å². The van der Waals surface area contributed by atoms with Gasteiger partial charge in [0.05, 0.1) is 30.4 Å². The number of thiazole rings is 1. The highest BCUT2D eigenvalue weighted by atomic mass is 32.1. The fourth-order valence-electron chi connectivity index (χ4n) is 2.51. The van der Waals surface area contributed by atoms with Crippen molar-refractivity contribution in [1.29, 1.82) is 0 Å². The first-order valence-electron chi connectivity index (χ1n) is 7.56. The highest BCUT2D eigenvalue weighted by molar-refractivity contribution is 7.16. The quantitative estimate of drug-likeness (QED) is 0.772. The minimum atomic E-state index is -0.182. The number of amides is 1. The van der Waals surface area contributed by atoms with Gasteiger partial charge in [0, 0.05) is 6.20 Å². The first-order chi connectivity index (χ1) is 11.2. The topological polar surface area (TPSA) is 73.0 Å². The molecular weight excluding hydrogens is 312 g/mol. The van der Waals surface area contributed by atoms with E-state index in [2.05, 4.69) is 22.3 Å². The van der Waals surface area contributed by atoms with E-state index < -0.39 is 0 Å². The highest BCUT2D eigenvalue weighted by Gasteiger charge is 2.29. The molecule has 0 bridgehead atoms. The Hall–Kier alpha value is -2.41. The molecule has 1 fully saturated rings. The lowest BCUT2D eigenvalue weighted by Gasteiger charge is -2.09. The molecular formula is C16H16N4O2S. The monoisotopic (exact) mass is 328 g/mol. The Kier molecular flexibility index (Phi) is 3.49. The fraction of sp³-hybridized carbons (Fsp3) is 0.312. The van der Waals surface area contributed by atoms with Crippen LogP contribution in [0.3, 0.4) is 0 Å². The van der Waals surface area contributed by atoms with Crippen molar-refractivity contribution in [2.75, 3.05) is 5.32 Å². The van der Waals surface area contributed by atoms with Gasteiger partial charge in [0.25, 0.3) is 5.91 Å². The molecule has 0 radical (unpaired) electrons. The third-order valence-electron chi connectivity index (χ3n) is 4.04. The van der Waals surface area contributed by atoms with E-state index in [1.807, 2.05) is 16.9 Å². The minimum Gasteiger partial charge on any atom is -0.462 e. The summed E-state index contributed by atoms with van der Waals surface area (Å²) in [6, 6.07) is 4.00. The van der Waals surface area contributed by atoms with Crippen LogP contribution >= 0.6 is 11.3 Å². The molecule has 1 unspecified atom stereocenters. The molecule has 6 nitrogen and oxygen atoms in total. The third kappa shape index (κ3) is 2.92. The molecule has 1 aliphatic carbocycles. The second-order valence-corrected chi connectivity index (χ2v) is 6.78. The smallest absolute Gasteiger partial charge is 0.267 e. The lowest BCUT2D eigenvalue weighted by atomic mass is 10.2. The second kappa shape index (κ2) is 5.66. The molecule has 0 aliphatic heterocycles. The maximum atomic E-state index is 12.3. The molecule has 3 heterocycles. The molecule has 3 aromatic heterocycles. The van der Waals surface area contributed by atoms with E-state index in [1.165, 1.54) is 24.2 Å². The van der Waals surface area contributed by atoms with Crippen molar-refractivity contribution in [2.45, 2.75) is 25.8 Å². The van der Waals surface area contributed by atoms with E-state index in [0.29, 0.717) is 27.4 Å². The van der Waals surface area contributed by atoms with E-state index >= 15 is 0 Å². The predicted molar refractivity (Wildman–Crippen MR) is 87.4 cm³/mol. The molecule has 1 aliphatic rings. The molecule has 0 spiro atoms. The van der Waals surface area contributed by atoms with Crippen LogP contribution in [0.25, 0.3) is 10.8 Å². The summed E-state index contributed by atoms with van der Waals surface area (Å²) in [5.41, 5.74) is 0.704. The zero-order valence-electron chi connectivity index (χ0n) is 12.6. The van der Waals surface area contributed by atoms with E-state index in [1.54, 1.807) is 24.7 Å². The molecule has 1 atom stereocenters. The SMILES string of the molecule is CC(C1CC1)n1cc(NC(=O)c2cnc(-c3ccco3)s2)cn1. The van der Waals surface area contributed by atoms with E-state index in [9.17, 15) is 4.79 Å². The van der Waals surface area contributed by atoms with Gasteiger partial charge in [0.1, 0.15) is 4.88 Å². The molecule has 3 aromatic rings. The summed E-state index contributed by atoms with van der Waals surface area (Å²) in [6.45, 7) is 2.16. The zero-order valence-corrected chi connectivity index (χ0v) is 13.4. The molecule has 1 saturated carbocycles. The second-order valence-electron chi connectivity index (χ2n) is 5.75. The van der Waals surface area contributed by atoms with E-state index in [-0.39, 0.29) is 5.91 Å². The number of furan rings is 1. The van der Waals surface area contributed by atoms with Gasteiger partial charge in [-0.3, -0.25) is 9.48 Å². The van der Waals surface area contributed by atoms with Crippen LogP contribution in [0.15, 0.2) is 41.4 Å². The van der Waals surface area contributed by atoms with Crippen molar-refractivity contribution in [3.05, 3.63) is 41.9 Å². The number of carbonyl (C=O) groups excluding carboxylic acids is 1. The summed E-state index contributed by atoms with van der Waals surface area (Å²) < 4.78 is 7.22. The van der Waals surface area contributed by atoms with Crippen molar-refractivity contribution in [3.63, 3.8) is 0 Å². The number of nitrogens with one attached hydrogen (secondary N) is 1. The lowest BCUT2D eigenvalue weighted by Crippen LogP contribution is -2.10. The van der Waals surface area contributed by atoms with Crippen LogP contribution in [0, 0.1) is 5.92 Å². The highest BCUT2D eigenvalue weighted by Crippen LogP contribution is 2.39. The number of rotatable bonds is 5. The van der Waals surface area contributed by atoms with Gasteiger partial charge < -0.3 is 9.73 Å². The van der Waals surface area contributed by atoms with Crippen LogP contribution in [0.2, 0.25) is 0 Å². The standard InChI is InChI=1S/C16H16N4O2S/c1-10(11-4-5-11)20-9-12(7-18-20)19-15(21)14-8-17-16(23-14)13-3-2-6-22-13/h2-3,6-11H,4-5H2,1H3,(H,19,21). The van der Waals surface area contributed by atoms with Gasteiger partial charge >= 0.3 is 0 Å². The molecule has 7 heteroatoms. The molecule has 0 saturated heterocycles. The van der Waals surface area contributed by atoms with Crippen LogP contribution in [-0.2, 0) is 0 Å². The van der Waals surface area contributed by atoms with Gasteiger partial charge in [0.2, 0.25) is 0 Å². The van der Waals surface area contributed by atoms with Crippen molar-refractivity contribution in [1.82, 2.24) is 14.8 Å². The van der Waals surface area contributed by atoms with Crippen LogP contribution in [0.1, 0.15) is 35.5 Å². The van der Waals surface area contributed by atoms with E-state index in [0.717, 1.165) is 5.92 Å². The number of aromatic nitrogens is 3. The van der Waals surface area contributed by atoms with Gasteiger partial charge in [-0.1, -0.05) is 0 Å². The number of hydrogen-bond acceptors (Lipinski definition) is 5. The summed E-state index contributed by atoms with van der Waals surface area (Å²) in [7, 11) is 0. The largest absolute Gasteiger partial charge is 0.462 e.